The van der Waals surface area contributed by atoms with Crippen LogP contribution in [0.4, 0.5) is 0 Å². The smallest absolute Gasteiger partial charge is 0.0962 e. The first-order valence-electron chi connectivity index (χ1n) is 7.18. The van der Waals surface area contributed by atoms with Gasteiger partial charge in [0, 0.05) is 18.0 Å². The molecule has 0 N–H and O–H groups in total. The van der Waals surface area contributed by atoms with Gasteiger partial charge < -0.3 is 9.47 Å². The summed E-state index contributed by atoms with van der Waals surface area (Å²) in [5.41, 5.74) is 0. The van der Waals surface area contributed by atoms with Crippen LogP contribution in [0.2, 0.25) is 0 Å². The molecule has 0 bridgehead atoms. The summed E-state index contributed by atoms with van der Waals surface area (Å²) in [6, 6.07) is 0. The third-order valence-electron chi connectivity index (χ3n) is 3.97. The number of halogens is 1. The summed E-state index contributed by atoms with van der Waals surface area (Å²) in [4.78, 5) is 0.505. The first kappa shape index (κ1) is 13.8. The van der Waals surface area contributed by atoms with Crippen molar-refractivity contribution in [3.63, 3.8) is 0 Å². The van der Waals surface area contributed by atoms with Gasteiger partial charge in [0.25, 0.3) is 0 Å². The predicted molar refractivity (Wildman–Crippen MR) is 73.7 cm³/mol. The predicted octanol–water partition coefficient (Wildman–Crippen LogP) is 3.91. The van der Waals surface area contributed by atoms with Gasteiger partial charge in [0.05, 0.1) is 12.2 Å². The lowest BCUT2D eigenvalue weighted by Crippen LogP contribution is -2.51. The molecule has 0 spiro atoms. The molecule has 0 aromatic rings. The highest BCUT2D eigenvalue weighted by Gasteiger charge is 2.41. The monoisotopic (exact) mass is 304 g/mol. The average Bonchev–Trinajstić information content (AvgIpc) is 2.36. The molecule has 0 amide bonds. The van der Waals surface area contributed by atoms with Gasteiger partial charge in [0.2, 0.25) is 0 Å². The molecule has 2 saturated carbocycles. The van der Waals surface area contributed by atoms with E-state index in [0.717, 1.165) is 32.0 Å². The highest BCUT2D eigenvalue weighted by molar-refractivity contribution is 9.09. The minimum Gasteiger partial charge on any atom is -0.375 e. The Balaban J connectivity index is 1.64. The van der Waals surface area contributed by atoms with Crippen LogP contribution in [0.1, 0.15) is 51.9 Å². The fourth-order valence-corrected chi connectivity index (χ4v) is 3.63. The van der Waals surface area contributed by atoms with Gasteiger partial charge in [-0.2, -0.15) is 0 Å². The van der Waals surface area contributed by atoms with Gasteiger partial charge >= 0.3 is 0 Å². The number of hydrogen-bond donors (Lipinski definition) is 0. The molecule has 3 atom stereocenters. The van der Waals surface area contributed by atoms with E-state index in [0.29, 0.717) is 17.0 Å². The van der Waals surface area contributed by atoms with E-state index < -0.39 is 0 Å². The van der Waals surface area contributed by atoms with E-state index in [1.165, 1.54) is 32.1 Å². The molecule has 0 saturated heterocycles. The second-order valence-electron chi connectivity index (χ2n) is 5.46. The van der Waals surface area contributed by atoms with Gasteiger partial charge in [-0.1, -0.05) is 42.1 Å². The number of ether oxygens (including phenoxy) is 2. The Labute approximate surface area is 114 Å². The molecular formula is C14H25BrO2. The van der Waals surface area contributed by atoms with Crippen LogP contribution in [0.5, 0.6) is 0 Å². The first-order chi connectivity index (χ1) is 8.31. The highest BCUT2D eigenvalue weighted by Crippen LogP contribution is 2.34. The molecule has 0 aromatic heterocycles. The first-order valence-corrected chi connectivity index (χ1v) is 8.10. The minimum absolute atomic E-state index is 0.290. The van der Waals surface area contributed by atoms with Crippen molar-refractivity contribution in [1.82, 2.24) is 0 Å². The Morgan fingerprint density at radius 3 is 2.53 bits per heavy atom. The van der Waals surface area contributed by atoms with Crippen LogP contribution in [0.25, 0.3) is 0 Å². The number of alkyl halides is 1. The van der Waals surface area contributed by atoms with Crippen LogP contribution in [0, 0.1) is 5.92 Å². The SMILES string of the molecule is CCCOC1C(Br)CC1OCC1CCCCC1. The molecular weight excluding hydrogens is 280 g/mol. The summed E-state index contributed by atoms with van der Waals surface area (Å²) >= 11 is 3.66. The van der Waals surface area contributed by atoms with Crippen molar-refractivity contribution in [2.75, 3.05) is 13.2 Å². The van der Waals surface area contributed by atoms with Gasteiger partial charge in [0.15, 0.2) is 0 Å². The lowest BCUT2D eigenvalue weighted by Gasteiger charge is -2.41. The van der Waals surface area contributed by atoms with Gasteiger partial charge in [-0.05, 0) is 31.6 Å². The second-order valence-corrected chi connectivity index (χ2v) is 6.64. The topological polar surface area (TPSA) is 18.5 Å². The van der Waals surface area contributed by atoms with Gasteiger partial charge in [-0.25, -0.2) is 0 Å². The zero-order chi connectivity index (χ0) is 12.1. The van der Waals surface area contributed by atoms with Crippen molar-refractivity contribution >= 4 is 15.9 Å². The molecule has 3 heteroatoms. The Kier molecular flexibility index (Phi) is 5.78. The van der Waals surface area contributed by atoms with Crippen molar-refractivity contribution in [3.8, 4) is 0 Å². The summed E-state index contributed by atoms with van der Waals surface area (Å²) in [6.45, 7) is 3.96. The quantitative estimate of drug-likeness (QED) is 0.693. The van der Waals surface area contributed by atoms with E-state index in [4.69, 9.17) is 9.47 Å². The highest BCUT2D eigenvalue weighted by atomic mass is 79.9. The van der Waals surface area contributed by atoms with Crippen molar-refractivity contribution in [1.29, 1.82) is 0 Å². The van der Waals surface area contributed by atoms with Crippen LogP contribution in [-0.2, 0) is 9.47 Å². The molecule has 0 aromatic carbocycles. The van der Waals surface area contributed by atoms with Gasteiger partial charge in [-0.15, -0.1) is 0 Å². The normalized spacial score (nSPS) is 34.6. The maximum absolute atomic E-state index is 6.04. The Morgan fingerprint density at radius 1 is 1.12 bits per heavy atom. The van der Waals surface area contributed by atoms with Crippen LogP contribution in [0.15, 0.2) is 0 Å². The van der Waals surface area contributed by atoms with Crippen LogP contribution < -0.4 is 0 Å². The molecule has 2 aliphatic rings. The summed E-state index contributed by atoms with van der Waals surface area (Å²) in [5.74, 6) is 0.810. The lowest BCUT2D eigenvalue weighted by molar-refractivity contribution is -0.129. The maximum atomic E-state index is 6.04. The van der Waals surface area contributed by atoms with Crippen molar-refractivity contribution in [3.05, 3.63) is 0 Å². The van der Waals surface area contributed by atoms with Crippen LogP contribution in [-0.4, -0.2) is 30.2 Å². The fraction of sp³-hybridized carbons (Fsp3) is 1.00. The van der Waals surface area contributed by atoms with E-state index in [-0.39, 0.29) is 0 Å². The molecule has 3 unspecified atom stereocenters. The molecule has 0 radical (unpaired) electrons. The van der Waals surface area contributed by atoms with Crippen molar-refractivity contribution < 1.29 is 9.47 Å². The van der Waals surface area contributed by atoms with Crippen LogP contribution in [0.3, 0.4) is 0 Å². The molecule has 2 aliphatic carbocycles. The molecule has 0 aliphatic heterocycles. The van der Waals surface area contributed by atoms with Crippen LogP contribution >= 0.6 is 15.9 Å². The summed E-state index contributed by atoms with van der Waals surface area (Å²) in [6.07, 6.45) is 9.78. The molecule has 17 heavy (non-hydrogen) atoms. The summed E-state index contributed by atoms with van der Waals surface area (Å²) in [5, 5.41) is 0. The lowest BCUT2D eigenvalue weighted by atomic mass is 9.88. The molecule has 2 fully saturated rings. The maximum Gasteiger partial charge on any atom is 0.0962 e. The van der Waals surface area contributed by atoms with Crippen molar-refractivity contribution in [2.24, 2.45) is 5.92 Å². The zero-order valence-corrected chi connectivity index (χ0v) is 12.5. The average molecular weight is 305 g/mol. The number of hydrogen-bond acceptors (Lipinski definition) is 2. The van der Waals surface area contributed by atoms with Gasteiger partial charge in [0.1, 0.15) is 0 Å². The standard InChI is InChI=1S/C14H25BrO2/c1-2-8-16-14-12(15)9-13(14)17-10-11-6-4-3-5-7-11/h11-14H,2-10H2,1H3. The van der Waals surface area contributed by atoms with E-state index in [1.54, 1.807) is 0 Å². The number of rotatable bonds is 6. The Bertz CT molecular complexity index is 216. The largest absolute Gasteiger partial charge is 0.375 e. The summed E-state index contributed by atoms with van der Waals surface area (Å²) < 4.78 is 11.9. The Hall–Kier alpha value is 0.400. The third kappa shape index (κ3) is 3.93. The van der Waals surface area contributed by atoms with E-state index >= 15 is 0 Å². The zero-order valence-electron chi connectivity index (χ0n) is 10.9. The van der Waals surface area contributed by atoms with Gasteiger partial charge in [-0.3, -0.25) is 0 Å². The van der Waals surface area contributed by atoms with Crippen molar-refractivity contribution in [2.45, 2.75) is 68.9 Å². The van der Waals surface area contributed by atoms with E-state index in [2.05, 4.69) is 22.9 Å². The fourth-order valence-electron chi connectivity index (χ4n) is 2.77. The molecule has 2 nitrogen and oxygen atoms in total. The third-order valence-corrected chi connectivity index (χ3v) is 4.86. The summed E-state index contributed by atoms with van der Waals surface area (Å²) in [7, 11) is 0. The van der Waals surface area contributed by atoms with E-state index in [1.807, 2.05) is 0 Å². The minimum atomic E-state index is 0.290. The molecule has 2 rings (SSSR count). The van der Waals surface area contributed by atoms with E-state index in [9.17, 15) is 0 Å². The molecule has 100 valence electrons. The second kappa shape index (κ2) is 7.10. The molecule has 0 heterocycles. The Morgan fingerprint density at radius 2 is 1.88 bits per heavy atom.